The Morgan fingerprint density at radius 2 is 1.97 bits per heavy atom. The van der Waals surface area contributed by atoms with Gasteiger partial charge in [0.1, 0.15) is 0 Å². The van der Waals surface area contributed by atoms with Crippen LogP contribution in [0.5, 0.6) is 0 Å². The van der Waals surface area contributed by atoms with Crippen LogP contribution in [0.4, 0.5) is 13.2 Å². The van der Waals surface area contributed by atoms with E-state index in [4.69, 9.17) is 0 Å². The SMILES string of the molecule is O=C(CCC/C=C\C[C@@H]1[C@@H](/C=C/[C@@H](O)CCc2ccc(Br)s2)[C@H](O)C[C@@H]1O)NS(=O)(=O)C(F)(F)F. The fourth-order valence-electron chi connectivity index (χ4n) is 3.85. The number of amides is 1. The molecule has 1 fully saturated rings. The van der Waals surface area contributed by atoms with Gasteiger partial charge >= 0.3 is 15.5 Å². The van der Waals surface area contributed by atoms with Gasteiger partial charge < -0.3 is 15.3 Å². The number of aliphatic hydroxyl groups is 3. The Morgan fingerprint density at radius 1 is 1.26 bits per heavy atom. The van der Waals surface area contributed by atoms with Crippen molar-refractivity contribution in [2.45, 2.75) is 68.8 Å². The molecule has 1 aromatic heterocycles. The molecule has 4 N–H and O–H groups in total. The third-order valence-corrected chi connectivity index (χ3v) is 8.48. The van der Waals surface area contributed by atoms with E-state index < -0.39 is 46.2 Å². The Balaban J connectivity index is 1.77. The van der Waals surface area contributed by atoms with Crippen molar-refractivity contribution in [3.8, 4) is 0 Å². The fourth-order valence-corrected chi connectivity index (χ4v) is 5.86. The van der Waals surface area contributed by atoms with Gasteiger partial charge in [-0.2, -0.15) is 21.6 Å². The van der Waals surface area contributed by atoms with E-state index in [9.17, 15) is 41.7 Å². The topological polar surface area (TPSA) is 124 Å². The molecule has 35 heavy (non-hydrogen) atoms. The molecule has 1 heterocycles. The van der Waals surface area contributed by atoms with Gasteiger partial charge in [0.2, 0.25) is 5.91 Å². The molecule has 5 atom stereocenters. The quantitative estimate of drug-likeness (QED) is 0.213. The highest BCUT2D eigenvalue weighted by Gasteiger charge is 2.46. The predicted octanol–water partition coefficient (Wildman–Crippen LogP) is 3.80. The first kappa shape index (κ1) is 30.0. The van der Waals surface area contributed by atoms with E-state index in [1.807, 2.05) is 12.1 Å². The number of hydrogen-bond acceptors (Lipinski definition) is 7. The Kier molecular flexibility index (Phi) is 11.4. The Hall–Kier alpha value is -1.25. The van der Waals surface area contributed by atoms with Crippen LogP contribution in [0, 0.1) is 11.8 Å². The molecule has 0 aromatic carbocycles. The summed E-state index contributed by atoms with van der Waals surface area (Å²) in [5, 5.41) is 30.9. The standard InChI is InChI=1S/C22H29BrF3NO6S2/c23-20-12-10-15(34-20)9-7-14(28)8-11-17-16(18(29)13-19(17)30)5-3-1-2-4-6-21(31)27-35(32,33)22(24,25)26/h1,3,8,10-12,14,16-19,28-30H,2,4-7,9,13H2,(H,27,31)/b3-1-,11-8+/t14-,16+,17+,18-,19+/m0/s1. The maximum absolute atomic E-state index is 12.3. The molecule has 0 bridgehead atoms. The molecule has 7 nitrogen and oxygen atoms in total. The number of rotatable bonds is 12. The molecule has 1 saturated carbocycles. The first-order valence-corrected chi connectivity index (χ1v) is 14.1. The van der Waals surface area contributed by atoms with Gasteiger partial charge in [-0.25, -0.2) is 4.72 Å². The number of unbranched alkanes of at least 4 members (excludes halogenated alkanes) is 1. The van der Waals surface area contributed by atoms with Crippen molar-refractivity contribution < 1.29 is 41.7 Å². The number of allylic oxidation sites excluding steroid dienone is 2. The van der Waals surface area contributed by atoms with Gasteiger partial charge in [0, 0.05) is 23.6 Å². The summed E-state index contributed by atoms with van der Waals surface area (Å²) in [5.74, 6) is -1.86. The molecule has 1 amide bonds. The third kappa shape index (κ3) is 9.62. The molecule has 1 aliphatic rings. The van der Waals surface area contributed by atoms with Crippen LogP contribution in [-0.2, 0) is 21.2 Å². The number of nitrogens with one attached hydrogen (secondary N) is 1. The van der Waals surface area contributed by atoms with Gasteiger partial charge in [-0.05, 0) is 66.1 Å². The second kappa shape index (κ2) is 13.3. The number of sulfonamides is 1. The normalized spacial score (nSPS) is 24.4. The zero-order valence-corrected chi connectivity index (χ0v) is 21.9. The molecule has 0 unspecified atom stereocenters. The Bertz CT molecular complexity index is 996. The van der Waals surface area contributed by atoms with Gasteiger partial charge in [-0.1, -0.05) is 24.3 Å². The summed E-state index contributed by atoms with van der Waals surface area (Å²) in [5.41, 5.74) is -5.54. The van der Waals surface area contributed by atoms with Crippen LogP contribution in [0.3, 0.4) is 0 Å². The average molecular weight is 605 g/mol. The summed E-state index contributed by atoms with van der Waals surface area (Å²) in [4.78, 5) is 12.6. The zero-order chi connectivity index (χ0) is 26.2. The maximum atomic E-state index is 12.3. The highest BCUT2D eigenvalue weighted by atomic mass is 79.9. The first-order chi connectivity index (χ1) is 16.3. The van der Waals surface area contributed by atoms with E-state index in [1.54, 1.807) is 35.6 Å². The molecule has 0 radical (unpaired) electrons. The predicted molar refractivity (Wildman–Crippen MR) is 130 cm³/mol. The fraction of sp³-hybridized carbons (Fsp3) is 0.591. The maximum Gasteiger partial charge on any atom is 0.516 e. The lowest BCUT2D eigenvalue weighted by atomic mass is 9.89. The average Bonchev–Trinajstić information content (AvgIpc) is 3.28. The van der Waals surface area contributed by atoms with Crippen LogP contribution in [0.1, 0.15) is 43.4 Å². The summed E-state index contributed by atoms with van der Waals surface area (Å²) in [6, 6.07) is 3.94. The molecule has 1 aliphatic carbocycles. The van der Waals surface area contributed by atoms with E-state index in [0.717, 1.165) is 13.4 Å². The first-order valence-electron chi connectivity index (χ1n) is 11.0. The minimum atomic E-state index is -5.70. The highest BCUT2D eigenvalue weighted by molar-refractivity contribution is 9.11. The van der Waals surface area contributed by atoms with Crippen molar-refractivity contribution in [2.75, 3.05) is 0 Å². The summed E-state index contributed by atoms with van der Waals surface area (Å²) in [7, 11) is -5.70. The van der Waals surface area contributed by atoms with Crippen molar-refractivity contribution >= 4 is 43.2 Å². The van der Waals surface area contributed by atoms with Crippen LogP contribution in [0.15, 0.2) is 40.2 Å². The number of aryl methyl sites for hydroxylation is 1. The number of hydrogen-bond donors (Lipinski definition) is 4. The second-order valence-electron chi connectivity index (χ2n) is 8.38. The summed E-state index contributed by atoms with van der Waals surface area (Å²) in [6.45, 7) is 0. The number of carbonyl (C=O) groups excluding carboxylic acids is 1. The third-order valence-electron chi connectivity index (χ3n) is 5.69. The molecular weight excluding hydrogens is 575 g/mol. The lowest BCUT2D eigenvalue weighted by Gasteiger charge is -2.19. The number of aliphatic hydroxyl groups excluding tert-OH is 3. The number of halogens is 4. The lowest BCUT2D eigenvalue weighted by Crippen LogP contribution is -2.40. The number of carbonyl (C=O) groups is 1. The largest absolute Gasteiger partial charge is 0.516 e. The van der Waals surface area contributed by atoms with Crippen molar-refractivity contribution in [1.82, 2.24) is 4.72 Å². The minimum Gasteiger partial charge on any atom is -0.393 e. The van der Waals surface area contributed by atoms with Crippen molar-refractivity contribution in [2.24, 2.45) is 11.8 Å². The number of thiophene rings is 1. The lowest BCUT2D eigenvalue weighted by molar-refractivity contribution is -0.120. The molecule has 13 heteroatoms. The number of alkyl halides is 3. The van der Waals surface area contributed by atoms with Crippen LogP contribution in [0.2, 0.25) is 0 Å². The minimum absolute atomic E-state index is 0.141. The van der Waals surface area contributed by atoms with E-state index in [0.29, 0.717) is 25.7 Å². The van der Waals surface area contributed by atoms with Crippen LogP contribution < -0.4 is 4.72 Å². The van der Waals surface area contributed by atoms with Crippen molar-refractivity contribution in [1.29, 1.82) is 0 Å². The van der Waals surface area contributed by atoms with E-state index in [1.165, 1.54) is 0 Å². The molecule has 0 spiro atoms. The molecule has 0 aliphatic heterocycles. The molecule has 0 saturated heterocycles. The monoisotopic (exact) mass is 603 g/mol. The van der Waals surface area contributed by atoms with Gasteiger partial charge in [0.15, 0.2) is 0 Å². The van der Waals surface area contributed by atoms with Gasteiger partial charge in [-0.3, -0.25) is 4.79 Å². The van der Waals surface area contributed by atoms with Crippen molar-refractivity contribution in [3.05, 3.63) is 45.1 Å². The van der Waals surface area contributed by atoms with Crippen LogP contribution in [0.25, 0.3) is 0 Å². The van der Waals surface area contributed by atoms with Gasteiger partial charge in [-0.15, -0.1) is 11.3 Å². The zero-order valence-electron chi connectivity index (χ0n) is 18.7. The Labute approximate surface area is 214 Å². The molecular formula is C22H29BrF3NO6S2. The van der Waals surface area contributed by atoms with Gasteiger partial charge in [0.25, 0.3) is 0 Å². The Morgan fingerprint density at radius 3 is 2.60 bits per heavy atom. The highest BCUT2D eigenvalue weighted by Crippen LogP contribution is 2.36. The molecule has 1 aromatic rings. The van der Waals surface area contributed by atoms with E-state index in [-0.39, 0.29) is 24.7 Å². The van der Waals surface area contributed by atoms with Crippen molar-refractivity contribution in [3.63, 3.8) is 0 Å². The van der Waals surface area contributed by atoms with Crippen LogP contribution >= 0.6 is 27.3 Å². The molecule has 198 valence electrons. The molecule has 2 rings (SSSR count). The van der Waals surface area contributed by atoms with E-state index >= 15 is 0 Å². The second-order valence-corrected chi connectivity index (χ2v) is 12.6. The van der Waals surface area contributed by atoms with Crippen LogP contribution in [-0.4, -0.2) is 53.5 Å². The summed E-state index contributed by atoms with van der Waals surface area (Å²) in [6.07, 6.45) is 6.58. The van der Waals surface area contributed by atoms with E-state index in [2.05, 4.69) is 15.9 Å². The van der Waals surface area contributed by atoms with Gasteiger partial charge in [0.05, 0.1) is 22.1 Å². The smallest absolute Gasteiger partial charge is 0.393 e. The summed E-state index contributed by atoms with van der Waals surface area (Å²) >= 11 is 5.00. The summed E-state index contributed by atoms with van der Waals surface area (Å²) < 4.78 is 60.6.